The van der Waals surface area contributed by atoms with E-state index < -0.39 is 17.2 Å². The third kappa shape index (κ3) is 2.87. The lowest BCUT2D eigenvalue weighted by Crippen LogP contribution is -2.50. The lowest BCUT2D eigenvalue weighted by Gasteiger charge is -2.38. The van der Waals surface area contributed by atoms with Crippen molar-refractivity contribution in [2.75, 3.05) is 6.61 Å². The summed E-state index contributed by atoms with van der Waals surface area (Å²) < 4.78 is 32.1. The molecule has 0 amide bonds. The van der Waals surface area contributed by atoms with Crippen LogP contribution in [0.15, 0.2) is 18.2 Å². The van der Waals surface area contributed by atoms with E-state index in [-0.39, 0.29) is 6.04 Å². The normalized spacial score (nSPS) is 26.0. The molecule has 1 aromatic carbocycles. The van der Waals surface area contributed by atoms with Crippen molar-refractivity contribution in [3.63, 3.8) is 0 Å². The van der Waals surface area contributed by atoms with Crippen molar-refractivity contribution in [3.05, 3.63) is 35.4 Å². The number of halogens is 2. The van der Waals surface area contributed by atoms with Crippen LogP contribution >= 0.6 is 0 Å². The van der Waals surface area contributed by atoms with Gasteiger partial charge in [0.25, 0.3) is 0 Å². The molecule has 100 valence electrons. The highest BCUT2D eigenvalue weighted by Crippen LogP contribution is 2.29. The van der Waals surface area contributed by atoms with Crippen molar-refractivity contribution in [2.45, 2.75) is 44.2 Å². The molecule has 2 atom stereocenters. The number of benzene rings is 1. The van der Waals surface area contributed by atoms with E-state index >= 15 is 0 Å². The largest absolute Gasteiger partial charge is 0.374 e. The summed E-state index contributed by atoms with van der Waals surface area (Å²) in [6.07, 6.45) is 3.38. The molecular formula is C14H19F2NO. The van der Waals surface area contributed by atoms with Gasteiger partial charge in [0, 0.05) is 18.7 Å². The Kier molecular flexibility index (Phi) is 3.97. The summed E-state index contributed by atoms with van der Waals surface area (Å²) in [5.41, 5.74) is 6.18. The molecule has 1 aromatic rings. The number of hydrogen-bond acceptors (Lipinski definition) is 2. The molecule has 2 unspecified atom stereocenters. The SMILES string of the molecule is CC1(C(N)Cc2ccc(F)cc2F)CCCCO1. The second-order valence-electron chi connectivity index (χ2n) is 5.16. The first-order valence-corrected chi connectivity index (χ1v) is 6.35. The summed E-state index contributed by atoms with van der Waals surface area (Å²) in [5, 5.41) is 0. The van der Waals surface area contributed by atoms with Crippen LogP contribution in [0.4, 0.5) is 8.78 Å². The highest BCUT2D eigenvalue weighted by atomic mass is 19.1. The van der Waals surface area contributed by atoms with E-state index in [1.807, 2.05) is 6.92 Å². The maximum atomic E-state index is 13.6. The molecule has 1 saturated heterocycles. The standard InChI is InChI=1S/C14H19F2NO/c1-14(6-2-3-7-18-14)13(17)8-10-4-5-11(15)9-12(10)16/h4-5,9,13H,2-3,6-8,17H2,1H3. The quantitative estimate of drug-likeness (QED) is 0.901. The van der Waals surface area contributed by atoms with Gasteiger partial charge in [0.1, 0.15) is 11.6 Å². The van der Waals surface area contributed by atoms with Crippen LogP contribution in [0, 0.1) is 11.6 Å². The number of nitrogens with two attached hydrogens (primary N) is 1. The fourth-order valence-corrected chi connectivity index (χ4v) is 2.39. The molecule has 2 rings (SSSR count). The van der Waals surface area contributed by atoms with Crippen molar-refractivity contribution < 1.29 is 13.5 Å². The minimum absolute atomic E-state index is 0.280. The summed E-state index contributed by atoms with van der Waals surface area (Å²) in [7, 11) is 0. The third-order valence-electron chi connectivity index (χ3n) is 3.74. The van der Waals surface area contributed by atoms with Crippen molar-refractivity contribution in [1.29, 1.82) is 0 Å². The smallest absolute Gasteiger partial charge is 0.129 e. The van der Waals surface area contributed by atoms with Crippen LogP contribution in [0.3, 0.4) is 0 Å². The highest BCUT2D eigenvalue weighted by molar-refractivity contribution is 5.20. The maximum Gasteiger partial charge on any atom is 0.129 e. The topological polar surface area (TPSA) is 35.2 Å². The van der Waals surface area contributed by atoms with Crippen LogP contribution < -0.4 is 5.73 Å². The van der Waals surface area contributed by atoms with Gasteiger partial charge < -0.3 is 10.5 Å². The molecule has 0 bridgehead atoms. The highest BCUT2D eigenvalue weighted by Gasteiger charge is 2.34. The van der Waals surface area contributed by atoms with E-state index in [0.29, 0.717) is 18.6 Å². The first kappa shape index (κ1) is 13.4. The Morgan fingerprint density at radius 2 is 2.17 bits per heavy atom. The van der Waals surface area contributed by atoms with E-state index in [1.54, 1.807) is 0 Å². The second kappa shape index (κ2) is 5.33. The molecule has 1 aliphatic heterocycles. The van der Waals surface area contributed by atoms with Gasteiger partial charge in [-0.3, -0.25) is 0 Å². The Bertz CT molecular complexity index is 416. The minimum atomic E-state index is -0.565. The predicted octanol–water partition coefficient (Wildman–Crippen LogP) is 2.79. The maximum absolute atomic E-state index is 13.6. The van der Waals surface area contributed by atoms with Gasteiger partial charge >= 0.3 is 0 Å². The van der Waals surface area contributed by atoms with E-state index in [2.05, 4.69) is 0 Å². The summed E-state index contributed by atoms with van der Waals surface area (Å²) in [4.78, 5) is 0. The molecule has 2 nitrogen and oxygen atoms in total. The lowest BCUT2D eigenvalue weighted by atomic mass is 9.85. The van der Waals surface area contributed by atoms with Crippen LogP contribution in [-0.2, 0) is 11.2 Å². The lowest BCUT2D eigenvalue weighted by molar-refractivity contribution is -0.0809. The Morgan fingerprint density at radius 1 is 1.39 bits per heavy atom. The molecule has 2 N–H and O–H groups in total. The number of hydrogen-bond donors (Lipinski definition) is 1. The van der Waals surface area contributed by atoms with Crippen LogP contribution in [0.1, 0.15) is 31.7 Å². The molecular weight excluding hydrogens is 236 g/mol. The Labute approximate surface area is 106 Å². The van der Waals surface area contributed by atoms with Crippen molar-refractivity contribution in [1.82, 2.24) is 0 Å². The molecule has 1 fully saturated rings. The van der Waals surface area contributed by atoms with Crippen LogP contribution in [0.2, 0.25) is 0 Å². The molecule has 0 aromatic heterocycles. The van der Waals surface area contributed by atoms with Gasteiger partial charge in [-0.1, -0.05) is 6.07 Å². The predicted molar refractivity (Wildman–Crippen MR) is 66.2 cm³/mol. The van der Waals surface area contributed by atoms with Crippen molar-refractivity contribution in [3.8, 4) is 0 Å². The van der Waals surface area contributed by atoms with Crippen LogP contribution in [0.25, 0.3) is 0 Å². The molecule has 0 aliphatic carbocycles. The number of rotatable bonds is 3. The first-order valence-electron chi connectivity index (χ1n) is 6.35. The Hall–Kier alpha value is -1.00. The zero-order valence-corrected chi connectivity index (χ0v) is 10.6. The molecule has 4 heteroatoms. The zero-order valence-electron chi connectivity index (χ0n) is 10.6. The average molecular weight is 255 g/mol. The van der Waals surface area contributed by atoms with E-state index in [4.69, 9.17) is 10.5 Å². The van der Waals surface area contributed by atoms with E-state index in [9.17, 15) is 8.78 Å². The molecule has 1 aliphatic rings. The van der Waals surface area contributed by atoms with Gasteiger partial charge in [-0.25, -0.2) is 8.78 Å². The van der Waals surface area contributed by atoms with Crippen LogP contribution in [0.5, 0.6) is 0 Å². The number of ether oxygens (including phenoxy) is 1. The fraction of sp³-hybridized carbons (Fsp3) is 0.571. The monoisotopic (exact) mass is 255 g/mol. The summed E-state index contributed by atoms with van der Waals surface area (Å²) in [6, 6.07) is 3.33. The summed E-state index contributed by atoms with van der Waals surface area (Å²) >= 11 is 0. The zero-order chi connectivity index (χ0) is 13.2. The van der Waals surface area contributed by atoms with E-state index in [1.165, 1.54) is 12.1 Å². The molecule has 0 radical (unpaired) electrons. The Morgan fingerprint density at radius 3 is 2.78 bits per heavy atom. The molecule has 1 heterocycles. The van der Waals surface area contributed by atoms with Gasteiger partial charge in [-0.2, -0.15) is 0 Å². The van der Waals surface area contributed by atoms with Gasteiger partial charge in [0.05, 0.1) is 5.60 Å². The molecule has 0 saturated carbocycles. The van der Waals surface area contributed by atoms with Gasteiger partial charge in [-0.15, -0.1) is 0 Å². The molecule has 18 heavy (non-hydrogen) atoms. The first-order chi connectivity index (χ1) is 8.51. The van der Waals surface area contributed by atoms with Gasteiger partial charge in [0.2, 0.25) is 0 Å². The van der Waals surface area contributed by atoms with Crippen molar-refractivity contribution in [2.24, 2.45) is 5.73 Å². The summed E-state index contributed by atoms with van der Waals surface area (Å²) in [6.45, 7) is 2.67. The molecule has 0 spiro atoms. The summed E-state index contributed by atoms with van der Waals surface area (Å²) in [5.74, 6) is -1.10. The second-order valence-corrected chi connectivity index (χ2v) is 5.16. The minimum Gasteiger partial charge on any atom is -0.374 e. The van der Waals surface area contributed by atoms with E-state index in [0.717, 1.165) is 25.3 Å². The average Bonchev–Trinajstić information content (AvgIpc) is 2.33. The van der Waals surface area contributed by atoms with Gasteiger partial charge in [0.15, 0.2) is 0 Å². The Balaban J connectivity index is 2.08. The van der Waals surface area contributed by atoms with Gasteiger partial charge in [-0.05, 0) is 44.2 Å². The third-order valence-corrected chi connectivity index (χ3v) is 3.74. The van der Waals surface area contributed by atoms with Crippen molar-refractivity contribution >= 4 is 0 Å². The fourth-order valence-electron chi connectivity index (χ4n) is 2.39. The van der Waals surface area contributed by atoms with Crippen LogP contribution in [-0.4, -0.2) is 18.2 Å².